The Kier molecular flexibility index (Phi) is 52.6. The van der Waals surface area contributed by atoms with Crippen molar-refractivity contribution in [3.8, 4) is 0 Å². The molecule has 3 saturated heterocycles. The number of carboxylic acid groups (broad SMARTS) is 1. The number of unbranched alkanes of at least 4 members (excludes halogenated alkanes) is 32. The first-order valence-electron chi connectivity index (χ1n) is 41.3. The van der Waals surface area contributed by atoms with Crippen LogP contribution in [0.4, 0.5) is 0 Å². The van der Waals surface area contributed by atoms with E-state index in [2.05, 4.69) is 38.3 Å². The molecule has 0 bridgehead atoms. The summed E-state index contributed by atoms with van der Waals surface area (Å²) in [6, 6.07) is -4.31. The first-order valence-corrected chi connectivity index (χ1v) is 44.2. The van der Waals surface area contributed by atoms with Gasteiger partial charge in [0, 0.05) is 6.42 Å². The second-order valence-electron chi connectivity index (χ2n) is 30.4. The van der Waals surface area contributed by atoms with Gasteiger partial charge < -0.3 is 137 Å². The number of carbonyl (C=O) groups is 5. The molecular weight excluding hydrogens is 1480 g/mol. The number of rotatable bonds is 65. The molecule has 32 nitrogen and oxygen atoms in total. The number of carbonyl (C=O) groups excluding carboxylic acids is 5. The number of aliphatic hydroxyl groups is 9. The topological polar surface area (TPSA) is 524 Å². The first-order chi connectivity index (χ1) is 52.4. The summed E-state index contributed by atoms with van der Waals surface area (Å²) in [7, 11) is -12.7. The van der Waals surface area contributed by atoms with Gasteiger partial charge in [-0.15, -0.1) is 0 Å². The lowest BCUT2D eigenvalue weighted by Gasteiger charge is -2.50. The second-order valence-corrected chi connectivity index (χ2v) is 32.6. The first kappa shape index (κ1) is 101. The van der Waals surface area contributed by atoms with E-state index in [1.54, 1.807) is 0 Å². The van der Waals surface area contributed by atoms with Crippen LogP contribution in [0.5, 0.6) is 0 Å². The minimum atomic E-state index is -6.44. The van der Waals surface area contributed by atoms with Crippen molar-refractivity contribution in [3.05, 3.63) is 0 Å². The lowest BCUT2D eigenvalue weighted by atomic mass is 9.92. The molecule has 2 amide bonds. The maximum Gasteiger partial charge on any atom is 0.308 e. The molecule has 0 aromatic heterocycles. The zero-order valence-electron chi connectivity index (χ0n) is 65.8. The normalized spacial score (nSPS) is 26.0. The third-order valence-corrected chi connectivity index (χ3v) is 21.5. The molecule has 3 aliphatic heterocycles. The van der Waals surface area contributed by atoms with Gasteiger partial charge in [0.2, 0.25) is 17.6 Å². The van der Waals surface area contributed by atoms with Gasteiger partial charge in [-0.1, -0.05) is 259 Å². The zero-order chi connectivity index (χ0) is 81.5. The van der Waals surface area contributed by atoms with Crippen molar-refractivity contribution in [2.24, 2.45) is 0 Å². The summed E-state index contributed by atoms with van der Waals surface area (Å²) in [5, 5.41) is 117. The smallest absolute Gasteiger partial charge is 0.308 e. The number of nitrogens with one attached hydrogen (secondary N) is 2. The fourth-order valence-electron chi connectivity index (χ4n) is 14.2. The minimum Gasteiger partial charge on any atom is -0.790 e. The average molecular weight is 1620 g/mol. The molecule has 110 heavy (non-hydrogen) atoms. The summed E-state index contributed by atoms with van der Waals surface area (Å²) >= 11 is 0. The highest BCUT2D eigenvalue weighted by Crippen LogP contribution is 2.41. The molecular formula is C76H137N2O30P2-5. The van der Waals surface area contributed by atoms with Crippen LogP contribution >= 0.6 is 15.6 Å². The van der Waals surface area contributed by atoms with Gasteiger partial charge >= 0.3 is 11.9 Å². The number of carboxylic acids is 1. The summed E-state index contributed by atoms with van der Waals surface area (Å²) in [5.74, 6) is -10.3. The highest BCUT2D eigenvalue weighted by atomic mass is 31.2. The lowest BCUT2D eigenvalue weighted by molar-refractivity contribution is -0.394. The van der Waals surface area contributed by atoms with Crippen molar-refractivity contribution < 1.29 is 146 Å². The van der Waals surface area contributed by atoms with Crippen LogP contribution in [0.3, 0.4) is 0 Å². The molecule has 0 saturated carbocycles. The van der Waals surface area contributed by atoms with E-state index in [0.717, 1.165) is 186 Å². The van der Waals surface area contributed by atoms with E-state index >= 15 is 0 Å². The minimum absolute atomic E-state index is 0.0384. The van der Waals surface area contributed by atoms with Crippen LogP contribution in [0.1, 0.15) is 317 Å². The molecule has 0 aromatic rings. The summed E-state index contributed by atoms with van der Waals surface area (Å²) in [4.78, 5) is 121. The Morgan fingerprint density at radius 1 is 0.455 bits per heavy atom. The van der Waals surface area contributed by atoms with Gasteiger partial charge in [0.15, 0.2) is 24.8 Å². The molecule has 3 rings (SSSR count). The Morgan fingerprint density at radius 2 is 0.800 bits per heavy atom. The van der Waals surface area contributed by atoms with Crippen LogP contribution in [0.15, 0.2) is 0 Å². The summed E-state index contributed by atoms with van der Waals surface area (Å²) in [6.07, 6.45) is -3.12. The molecule has 3 fully saturated rings. The van der Waals surface area contributed by atoms with Crippen molar-refractivity contribution >= 4 is 45.4 Å². The van der Waals surface area contributed by atoms with E-state index in [0.29, 0.717) is 44.9 Å². The van der Waals surface area contributed by atoms with Crippen LogP contribution in [0.2, 0.25) is 0 Å². The van der Waals surface area contributed by atoms with Gasteiger partial charge in [0.1, 0.15) is 60.8 Å². The van der Waals surface area contributed by atoms with Crippen molar-refractivity contribution in [2.45, 2.75) is 433 Å². The van der Waals surface area contributed by atoms with Gasteiger partial charge in [-0.05, 0) is 25.7 Å². The molecule has 0 spiro atoms. The molecule has 3 heterocycles. The largest absolute Gasteiger partial charge is 0.790 e. The van der Waals surface area contributed by atoms with Crippen LogP contribution in [0, 0.1) is 0 Å². The molecule has 19 atom stereocenters. The highest BCUT2D eigenvalue weighted by molar-refractivity contribution is 7.43. The average Bonchev–Trinajstić information content (AvgIpc) is 0.771. The molecule has 3 aliphatic rings. The fraction of sp³-hybridized carbons (Fsp3) is 0.934. The Labute approximate surface area is 651 Å². The molecule has 34 heteroatoms. The number of aliphatic carboxylic acids is 1. The van der Waals surface area contributed by atoms with Gasteiger partial charge in [-0.2, -0.15) is 0 Å². The molecule has 11 N–H and O–H groups in total. The van der Waals surface area contributed by atoms with Crippen molar-refractivity contribution in [1.29, 1.82) is 0 Å². The van der Waals surface area contributed by atoms with Gasteiger partial charge in [0.05, 0.1) is 91.7 Å². The number of phosphoric acid groups is 2. The number of esters is 2. The second kappa shape index (κ2) is 57.2. The SMILES string of the molecule is CCCCCCCCCCC[C@@H](O)CC(=O)N[C@H]1[C@H](OC[C@H]2O[C@H](OP(=O)([O-])[O-])[C@H](NC(=O)C[C@H](O)CCCCCCCCCCC)[C@@H](OC(=O)C[C@H](O)CCCCCCCCCCC)[C@@H]2O)O[C@H](CO[C@]2(C(=O)[O-])C[C@@H](O)[C@@H](O)[C@@H]([C@H](O)CO)O2)[C@@H](OP(=O)([O-])[O-])[C@@H]1OC(=O)C[C@H](O)CCCCCCCCCCC. The van der Waals surface area contributed by atoms with E-state index in [1.807, 2.05) is 0 Å². The number of amides is 2. The van der Waals surface area contributed by atoms with Crippen molar-refractivity contribution in [3.63, 3.8) is 0 Å². The molecule has 0 radical (unpaired) electrons. The number of hydrogen-bond acceptors (Lipinski definition) is 30. The van der Waals surface area contributed by atoms with Crippen LogP contribution in [-0.4, -0.2) is 211 Å². The van der Waals surface area contributed by atoms with Gasteiger partial charge in [-0.3, -0.25) is 19.2 Å². The Morgan fingerprint density at radius 3 is 1.16 bits per heavy atom. The highest BCUT2D eigenvalue weighted by Gasteiger charge is 2.56. The van der Waals surface area contributed by atoms with Crippen molar-refractivity contribution in [2.75, 3.05) is 19.8 Å². The number of ether oxygens (including phenoxy) is 7. The monoisotopic (exact) mass is 1620 g/mol. The van der Waals surface area contributed by atoms with E-state index in [9.17, 15) is 104 Å². The van der Waals surface area contributed by atoms with Crippen LogP contribution in [-0.2, 0) is 75.3 Å². The van der Waals surface area contributed by atoms with Crippen LogP contribution < -0.4 is 35.3 Å². The van der Waals surface area contributed by atoms with Crippen molar-refractivity contribution in [1.82, 2.24) is 10.6 Å². The molecule has 646 valence electrons. The predicted molar refractivity (Wildman–Crippen MR) is 392 cm³/mol. The van der Waals surface area contributed by atoms with E-state index in [1.165, 1.54) is 0 Å². The fourth-order valence-corrected chi connectivity index (χ4v) is 15.2. The maximum atomic E-state index is 14.4. The van der Waals surface area contributed by atoms with E-state index in [4.69, 9.17) is 42.2 Å². The molecule has 0 aromatic carbocycles. The quantitative estimate of drug-likeness (QED) is 0.0224. The Hall–Kier alpha value is -2.99. The summed E-state index contributed by atoms with van der Waals surface area (Å²) in [6.45, 7) is 4.61. The number of phosphoric ester groups is 2. The van der Waals surface area contributed by atoms with E-state index in [-0.39, 0.29) is 25.7 Å². The number of aliphatic hydroxyl groups excluding tert-OH is 9. The van der Waals surface area contributed by atoms with Crippen LogP contribution in [0.25, 0.3) is 0 Å². The summed E-state index contributed by atoms with van der Waals surface area (Å²) < 4.78 is 76.8. The molecule has 0 unspecified atom stereocenters. The zero-order valence-corrected chi connectivity index (χ0v) is 67.6. The van der Waals surface area contributed by atoms with Gasteiger partial charge in [-0.25, -0.2) is 0 Å². The number of hydrogen-bond donors (Lipinski definition) is 11. The Bertz CT molecular complexity index is 2580. The standard InChI is InChI=1S/C76H142N2O30P2/c1-5-9-13-17-21-25-29-33-37-41-53(80)45-61(86)77-65-71(104-63(88)47-55(82)43-39-35-31-27-23-19-15-11-7-3)68(91)59(102-74(65)108-110(97,98)99)51-100-73-66(78-62(87)46-54(81)42-38-34-30-26-22-18-14-10-6-2)72(105-64(89)48-56(83)44-40-36-32-28-24-20-16-12-8-4)70(107-109(94,95)96)60(103-73)52-101-76(75(92)93)49-57(84)67(90)69(106-76)58(85)50-79/h53-60,65-74,79-85,90-91H,5-52H2,1-4H3,(H,77,86)(H,78,87)(H,92,93)(H2,94,95,96)(H2,97,98,99)/p-5/t53-,54-,55-,56-,57-,58-,59-,60-,65-,66-,67-,68-,69-,70-,71-,72-,73-,74-,76-/m1/s1. The maximum absolute atomic E-state index is 14.4. The Balaban J connectivity index is 2.21. The third kappa shape index (κ3) is 42.2. The van der Waals surface area contributed by atoms with E-state index < -0.39 is 213 Å². The third-order valence-electron chi connectivity index (χ3n) is 20.5. The molecule has 0 aliphatic carbocycles. The predicted octanol–water partition coefficient (Wildman–Crippen LogP) is 4.68. The lowest BCUT2D eigenvalue weighted by Crippen LogP contribution is -2.69. The summed E-state index contributed by atoms with van der Waals surface area (Å²) in [5.41, 5.74) is 0. The van der Waals surface area contributed by atoms with Gasteiger partial charge in [0.25, 0.3) is 0 Å².